The van der Waals surface area contributed by atoms with E-state index in [4.69, 9.17) is 9.47 Å². The molecule has 0 amide bonds. The molecular formula is C12H22F3NO3. The Morgan fingerprint density at radius 3 is 2.32 bits per heavy atom. The summed E-state index contributed by atoms with van der Waals surface area (Å²) < 4.78 is 46.4. The summed E-state index contributed by atoms with van der Waals surface area (Å²) in [5.41, 5.74) is -1.03. The largest absolute Gasteiger partial charge is 0.465 e. The maximum absolute atomic E-state index is 12.3. The summed E-state index contributed by atoms with van der Waals surface area (Å²) in [7, 11) is 0. The Kier molecular flexibility index (Phi) is 7.36. The summed E-state index contributed by atoms with van der Waals surface area (Å²) in [5, 5.41) is 2.92. The average molecular weight is 285 g/mol. The molecule has 114 valence electrons. The lowest BCUT2D eigenvalue weighted by molar-refractivity contribution is -0.215. The SMILES string of the molecule is CCNC(C)(CCOC(C)C(F)(F)F)C(=O)OCC. The summed E-state index contributed by atoms with van der Waals surface area (Å²) in [6.45, 7) is 6.56. The first-order valence-corrected chi connectivity index (χ1v) is 6.28. The third-order valence-corrected chi connectivity index (χ3v) is 2.72. The van der Waals surface area contributed by atoms with E-state index >= 15 is 0 Å². The third kappa shape index (κ3) is 6.24. The minimum absolute atomic E-state index is 0.111. The lowest BCUT2D eigenvalue weighted by Gasteiger charge is -2.28. The van der Waals surface area contributed by atoms with Crippen LogP contribution in [0, 0.1) is 0 Å². The molecule has 0 aliphatic carbocycles. The second kappa shape index (κ2) is 7.69. The Hall–Kier alpha value is -0.820. The van der Waals surface area contributed by atoms with E-state index < -0.39 is 23.8 Å². The van der Waals surface area contributed by atoms with Gasteiger partial charge in [-0.2, -0.15) is 13.2 Å². The van der Waals surface area contributed by atoms with Crippen molar-refractivity contribution in [2.45, 2.75) is 51.9 Å². The molecule has 0 aromatic carbocycles. The molecule has 2 atom stereocenters. The van der Waals surface area contributed by atoms with E-state index in [-0.39, 0.29) is 19.6 Å². The molecule has 0 rings (SSSR count). The molecule has 0 saturated heterocycles. The van der Waals surface area contributed by atoms with Crippen LogP contribution in [0.15, 0.2) is 0 Å². The highest BCUT2D eigenvalue weighted by molar-refractivity contribution is 5.80. The van der Waals surface area contributed by atoms with Gasteiger partial charge in [0.15, 0.2) is 6.10 Å². The van der Waals surface area contributed by atoms with Gasteiger partial charge in [0, 0.05) is 6.61 Å². The number of rotatable bonds is 8. The van der Waals surface area contributed by atoms with Crippen LogP contribution in [-0.2, 0) is 14.3 Å². The fourth-order valence-corrected chi connectivity index (χ4v) is 1.48. The Balaban J connectivity index is 4.40. The standard InChI is InChI=1S/C12H22F3NO3/c1-5-16-11(4,10(17)18-6-2)7-8-19-9(3)12(13,14)15/h9,16H,5-8H2,1-4H3. The lowest BCUT2D eigenvalue weighted by atomic mass is 9.98. The number of alkyl halides is 3. The Bertz CT molecular complexity index is 284. The average Bonchev–Trinajstić information content (AvgIpc) is 2.28. The monoisotopic (exact) mass is 285 g/mol. The van der Waals surface area contributed by atoms with E-state index in [0.29, 0.717) is 6.54 Å². The van der Waals surface area contributed by atoms with Gasteiger partial charge in [0.2, 0.25) is 0 Å². The Morgan fingerprint density at radius 2 is 1.89 bits per heavy atom. The van der Waals surface area contributed by atoms with Crippen LogP contribution in [-0.4, -0.2) is 43.5 Å². The van der Waals surface area contributed by atoms with Crippen molar-refractivity contribution >= 4 is 5.97 Å². The molecule has 0 aliphatic rings. The molecular weight excluding hydrogens is 263 g/mol. The van der Waals surface area contributed by atoms with Gasteiger partial charge in [-0.05, 0) is 33.7 Å². The van der Waals surface area contributed by atoms with Crippen LogP contribution in [0.5, 0.6) is 0 Å². The van der Waals surface area contributed by atoms with E-state index in [1.165, 1.54) is 0 Å². The molecule has 1 N–H and O–H groups in total. The fraction of sp³-hybridized carbons (Fsp3) is 0.917. The van der Waals surface area contributed by atoms with Crippen molar-refractivity contribution in [1.29, 1.82) is 0 Å². The van der Waals surface area contributed by atoms with Gasteiger partial charge in [-0.15, -0.1) is 0 Å². The number of carbonyl (C=O) groups is 1. The zero-order valence-electron chi connectivity index (χ0n) is 11.8. The van der Waals surface area contributed by atoms with Crippen LogP contribution in [0.25, 0.3) is 0 Å². The summed E-state index contributed by atoms with van der Waals surface area (Å²) in [4.78, 5) is 11.8. The molecule has 7 heteroatoms. The molecule has 0 spiro atoms. The highest BCUT2D eigenvalue weighted by Crippen LogP contribution is 2.23. The van der Waals surface area contributed by atoms with Crippen molar-refractivity contribution in [2.24, 2.45) is 0 Å². The zero-order valence-corrected chi connectivity index (χ0v) is 11.8. The van der Waals surface area contributed by atoms with Crippen LogP contribution >= 0.6 is 0 Å². The van der Waals surface area contributed by atoms with Gasteiger partial charge >= 0.3 is 12.1 Å². The molecule has 0 aliphatic heterocycles. The van der Waals surface area contributed by atoms with Crippen LogP contribution in [0.3, 0.4) is 0 Å². The molecule has 0 bridgehead atoms. The number of likely N-dealkylation sites (N-methyl/N-ethyl adjacent to an activating group) is 1. The van der Waals surface area contributed by atoms with Gasteiger partial charge < -0.3 is 14.8 Å². The van der Waals surface area contributed by atoms with Crippen molar-refractivity contribution in [2.75, 3.05) is 19.8 Å². The number of ether oxygens (including phenoxy) is 2. The van der Waals surface area contributed by atoms with Crippen LogP contribution in [0.1, 0.15) is 34.1 Å². The van der Waals surface area contributed by atoms with Crippen molar-refractivity contribution in [3.8, 4) is 0 Å². The predicted molar refractivity (Wildman–Crippen MR) is 64.8 cm³/mol. The highest BCUT2D eigenvalue weighted by atomic mass is 19.4. The molecule has 0 aromatic rings. The highest BCUT2D eigenvalue weighted by Gasteiger charge is 2.38. The van der Waals surface area contributed by atoms with E-state index in [9.17, 15) is 18.0 Å². The first-order valence-electron chi connectivity index (χ1n) is 6.28. The van der Waals surface area contributed by atoms with E-state index in [1.807, 2.05) is 0 Å². The van der Waals surface area contributed by atoms with Crippen LogP contribution in [0.4, 0.5) is 13.2 Å². The quantitative estimate of drug-likeness (QED) is 0.695. The third-order valence-electron chi connectivity index (χ3n) is 2.72. The summed E-state index contributed by atoms with van der Waals surface area (Å²) in [5.74, 6) is -0.486. The molecule has 4 nitrogen and oxygen atoms in total. The number of hydrogen-bond acceptors (Lipinski definition) is 4. The number of esters is 1. The summed E-state index contributed by atoms with van der Waals surface area (Å²) >= 11 is 0. The molecule has 2 unspecified atom stereocenters. The van der Waals surface area contributed by atoms with E-state index in [2.05, 4.69) is 5.32 Å². The number of halogens is 3. The number of hydrogen-bond donors (Lipinski definition) is 1. The van der Waals surface area contributed by atoms with E-state index in [0.717, 1.165) is 6.92 Å². The fourth-order valence-electron chi connectivity index (χ4n) is 1.48. The Labute approximate surface area is 111 Å². The first-order chi connectivity index (χ1) is 8.67. The van der Waals surface area contributed by atoms with Gasteiger partial charge in [-0.25, -0.2) is 0 Å². The summed E-state index contributed by atoms with van der Waals surface area (Å²) in [6.07, 6.45) is -6.13. The van der Waals surface area contributed by atoms with Crippen LogP contribution < -0.4 is 5.32 Å². The maximum atomic E-state index is 12.3. The molecule has 0 heterocycles. The summed E-state index contributed by atoms with van der Waals surface area (Å²) in [6, 6.07) is 0. The number of carbonyl (C=O) groups excluding carboxylic acids is 1. The van der Waals surface area contributed by atoms with Gasteiger partial charge in [0.25, 0.3) is 0 Å². The smallest absolute Gasteiger partial charge is 0.414 e. The number of nitrogens with one attached hydrogen (secondary N) is 1. The normalized spacial score (nSPS) is 16.8. The minimum Gasteiger partial charge on any atom is -0.465 e. The zero-order chi connectivity index (χ0) is 15.1. The van der Waals surface area contributed by atoms with Crippen LogP contribution in [0.2, 0.25) is 0 Å². The second-order valence-corrected chi connectivity index (χ2v) is 4.39. The molecule has 0 aromatic heterocycles. The van der Waals surface area contributed by atoms with Crippen molar-refractivity contribution in [3.63, 3.8) is 0 Å². The maximum Gasteiger partial charge on any atom is 0.414 e. The molecule has 19 heavy (non-hydrogen) atoms. The van der Waals surface area contributed by atoms with Crippen molar-refractivity contribution in [1.82, 2.24) is 5.32 Å². The van der Waals surface area contributed by atoms with E-state index in [1.54, 1.807) is 20.8 Å². The van der Waals surface area contributed by atoms with Gasteiger partial charge in [0.05, 0.1) is 6.61 Å². The second-order valence-electron chi connectivity index (χ2n) is 4.39. The topological polar surface area (TPSA) is 47.6 Å². The van der Waals surface area contributed by atoms with Gasteiger partial charge in [-0.3, -0.25) is 4.79 Å². The Morgan fingerprint density at radius 1 is 1.32 bits per heavy atom. The first kappa shape index (κ1) is 18.2. The van der Waals surface area contributed by atoms with Gasteiger partial charge in [-0.1, -0.05) is 6.92 Å². The van der Waals surface area contributed by atoms with Crippen molar-refractivity contribution < 1.29 is 27.4 Å². The lowest BCUT2D eigenvalue weighted by Crippen LogP contribution is -2.51. The minimum atomic E-state index is -4.39. The molecule has 0 saturated carbocycles. The predicted octanol–water partition coefficient (Wildman–Crippen LogP) is 2.28. The molecule has 0 fully saturated rings. The van der Waals surface area contributed by atoms with Crippen molar-refractivity contribution in [3.05, 3.63) is 0 Å². The van der Waals surface area contributed by atoms with Gasteiger partial charge in [0.1, 0.15) is 5.54 Å². The molecule has 0 radical (unpaired) electrons.